The third-order valence-electron chi connectivity index (χ3n) is 5.32. The molecule has 0 unspecified atom stereocenters. The van der Waals surface area contributed by atoms with Crippen LogP contribution in [0.4, 0.5) is 4.79 Å². The van der Waals surface area contributed by atoms with Gasteiger partial charge in [0, 0.05) is 18.4 Å². The first-order valence-corrected chi connectivity index (χ1v) is 13.0. The van der Waals surface area contributed by atoms with E-state index >= 15 is 0 Å². The highest BCUT2D eigenvalue weighted by Gasteiger charge is 2.26. The second-order valence-electron chi connectivity index (χ2n) is 9.30. The highest BCUT2D eigenvalue weighted by molar-refractivity contribution is 7.89. The van der Waals surface area contributed by atoms with E-state index in [1.54, 1.807) is 64.1 Å². The lowest BCUT2D eigenvalue weighted by Gasteiger charge is -2.23. The Hall–Kier alpha value is -3.23. The predicted octanol–water partition coefficient (Wildman–Crippen LogP) is 4.39. The largest absolute Gasteiger partial charge is 0.444 e. The van der Waals surface area contributed by atoms with Gasteiger partial charge in [-0.25, -0.2) is 17.9 Å². The van der Waals surface area contributed by atoms with Crippen molar-refractivity contribution in [3.8, 4) is 0 Å². The summed E-state index contributed by atoms with van der Waals surface area (Å²) in [6.07, 6.45) is -0.331. The maximum absolute atomic E-state index is 13.4. The molecule has 0 aromatic heterocycles. The summed E-state index contributed by atoms with van der Waals surface area (Å²) in [6.45, 7) is 7.27. The Morgan fingerprint density at radius 1 is 0.914 bits per heavy atom. The second-order valence-corrected chi connectivity index (χ2v) is 11.0. The van der Waals surface area contributed by atoms with Gasteiger partial charge in [-0.05, 0) is 49.8 Å². The lowest BCUT2D eigenvalue weighted by atomic mass is 9.95. The van der Waals surface area contributed by atoms with Crippen molar-refractivity contribution in [3.63, 3.8) is 0 Å². The molecule has 0 fully saturated rings. The molecule has 0 aliphatic heterocycles. The molecule has 3 rings (SSSR count). The molecule has 3 aromatic carbocycles. The molecule has 8 heteroatoms. The minimum absolute atomic E-state index is 0.0232. The lowest BCUT2D eigenvalue weighted by molar-refractivity contribution is -0.120. The number of benzene rings is 3. The number of carbonyl (C=O) groups excluding carboxylic acids is 2. The van der Waals surface area contributed by atoms with Crippen LogP contribution in [-0.4, -0.2) is 38.5 Å². The number of carbonyl (C=O) groups is 2. The minimum atomic E-state index is -3.68. The summed E-state index contributed by atoms with van der Waals surface area (Å²) in [5, 5.41) is 3.94. The van der Waals surface area contributed by atoms with Gasteiger partial charge in [0.2, 0.25) is 10.0 Å². The Kier molecular flexibility index (Phi) is 8.30. The van der Waals surface area contributed by atoms with Gasteiger partial charge in [0.25, 0.3) is 0 Å². The zero-order valence-corrected chi connectivity index (χ0v) is 21.3. The van der Waals surface area contributed by atoms with Crippen LogP contribution in [0.2, 0.25) is 0 Å². The van der Waals surface area contributed by atoms with Crippen LogP contribution < -0.4 is 10.0 Å². The molecule has 0 bridgehead atoms. The Labute approximate surface area is 206 Å². The highest BCUT2D eigenvalue weighted by atomic mass is 32.2. The molecule has 186 valence electrons. The van der Waals surface area contributed by atoms with Crippen LogP contribution in [0.3, 0.4) is 0 Å². The van der Waals surface area contributed by atoms with E-state index in [-0.39, 0.29) is 23.6 Å². The van der Waals surface area contributed by atoms with E-state index in [9.17, 15) is 18.0 Å². The highest BCUT2D eigenvalue weighted by Crippen LogP contribution is 2.26. The summed E-state index contributed by atoms with van der Waals surface area (Å²) in [5.74, 6) is -0.202. The maximum atomic E-state index is 13.4. The summed E-state index contributed by atoms with van der Waals surface area (Å²) in [7, 11) is -3.68. The van der Waals surface area contributed by atoms with Crippen LogP contribution in [0.5, 0.6) is 0 Å². The summed E-state index contributed by atoms with van der Waals surface area (Å²) in [6, 6.07) is 18.9. The molecule has 0 heterocycles. The normalized spacial score (nSPS) is 12.8. The van der Waals surface area contributed by atoms with Crippen LogP contribution in [0.25, 0.3) is 10.8 Å². The van der Waals surface area contributed by atoms with Gasteiger partial charge in [0.1, 0.15) is 5.60 Å². The van der Waals surface area contributed by atoms with Gasteiger partial charge >= 0.3 is 6.09 Å². The monoisotopic (exact) mass is 496 g/mol. The van der Waals surface area contributed by atoms with Crippen LogP contribution in [0.1, 0.15) is 38.8 Å². The van der Waals surface area contributed by atoms with Gasteiger partial charge < -0.3 is 10.1 Å². The lowest BCUT2D eigenvalue weighted by Crippen LogP contribution is -2.45. The van der Waals surface area contributed by atoms with Crippen molar-refractivity contribution in [1.29, 1.82) is 0 Å². The fourth-order valence-electron chi connectivity index (χ4n) is 3.86. The van der Waals surface area contributed by atoms with Crippen LogP contribution in [-0.2, 0) is 32.4 Å². The predicted molar refractivity (Wildman–Crippen MR) is 137 cm³/mol. The fraction of sp³-hybridized carbons (Fsp3) is 0.333. The average molecular weight is 497 g/mol. The molecular weight excluding hydrogens is 464 g/mol. The van der Waals surface area contributed by atoms with Crippen molar-refractivity contribution in [3.05, 3.63) is 77.9 Å². The maximum Gasteiger partial charge on any atom is 0.408 e. The number of rotatable bonds is 9. The average Bonchev–Trinajstić information content (AvgIpc) is 2.78. The van der Waals surface area contributed by atoms with Crippen molar-refractivity contribution in [2.75, 3.05) is 6.54 Å². The Morgan fingerprint density at radius 2 is 1.57 bits per heavy atom. The van der Waals surface area contributed by atoms with E-state index in [0.717, 1.165) is 5.56 Å². The summed E-state index contributed by atoms with van der Waals surface area (Å²) >= 11 is 0. The topological polar surface area (TPSA) is 102 Å². The van der Waals surface area contributed by atoms with Gasteiger partial charge in [-0.1, -0.05) is 67.6 Å². The molecule has 2 N–H and O–H groups in total. The summed E-state index contributed by atoms with van der Waals surface area (Å²) < 4.78 is 33.3. The number of nitrogens with one attached hydrogen (secondary N) is 2. The van der Waals surface area contributed by atoms with E-state index in [0.29, 0.717) is 22.8 Å². The molecule has 7 nitrogen and oxygen atoms in total. The Morgan fingerprint density at radius 3 is 2.23 bits per heavy atom. The fourth-order valence-corrected chi connectivity index (χ4v) is 5.12. The zero-order chi connectivity index (χ0) is 25.6. The number of fused-ring (bicyclic) bond motifs is 1. The zero-order valence-electron chi connectivity index (χ0n) is 20.5. The molecule has 0 saturated carbocycles. The third kappa shape index (κ3) is 7.13. The molecule has 0 aliphatic carbocycles. The number of sulfonamides is 1. The Balaban J connectivity index is 1.92. The van der Waals surface area contributed by atoms with E-state index in [2.05, 4.69) is 10.0 Å². The van der Waals surface area contributed by atoms with Gasteiger partial charge in [-0.15, -0.1) is 0 Å². The first-order valence-electron chi connectivity index (χ1n) is 11.6. The Bertz CT molecular complexity index is 1300. The molecule has 3 aromatic rings. The van der Waals surface area contributed by atoms with Crippen molar-refractivity contribution in [2.45, 2.75) is 57.1 Å². The number of hydrogen-bond acceptors (Lipinski definition) is 5. The van der Waals surface area contributed by atoms with Crippen LogP contribution in [0.15, 0.2) is 71.6 Å². The number of alkyl carbamates (subject to hydrolysis) is 1. The molecule has 35 heavy (non-hydrogen) atoms. The standard InChI is InChI=1S/C27H32N2O5S/c1-5-28-35(32,33)25-16-10-14-21-20(13-9-15-22(21)25)18-24(30)23(17-19-11-7-6-8-12-19)29-26(31)34-27(2,3)4/h6-16,23,28H,5,17-18H2,1-4H3,(H,29,31)/t23-/m0/s1. The number of amides is 1. The van der Waals surface area contributed by atoms with Gasteiger partial charge in [-0.3, -0.25) is 4.79 Å². The quantitative estimate of drug-likeness (QED) is 0.458. The van der Waals surface area contributed by atoms with E-state index in [1.807, 2.05) is 30.3 Å². The van der Waals surface area contributed by atoms with Gasteiger partial charge in [0.15, 0.2) is 5.78 Å². The summed E-state index contributed by atoms with van der Waals surface area (Å²) in [5.41, 5.74) is 0.887. The minimum Gasteiger partial charge on any atom is -0.444 e. The second kappa shape index (κ2) is 11.0. The van der Waals surface area contributed by atoms with Crippen LogP contribution >= 0.6 is 0 Å². The number of Topliss-reactive ketones (excluding diaryl/α,β-unsaturated/α-hetero) is 1. The molecule has 0 radical (unpaired) electrons. The molecule has 0 saturated heterocycles. The van der Waals surface area contributed by atoms with Crippen molar-refractivity contribution in [2.24, 2.45) is 0 Å². The van der Waals surface area contributed by atoms with E-state index in [1.165, 1.54) is 0 Å². The van der Waals surface area contributed by atoms with Crippen molar-refractivity contribution >= 4 is 32.7 Å². The molecule has 0 aliphatic rings. The van der Waals surface area contributed by atoms with Crippen molar-refractivity contribution < 1.29 is 22.7 Å². The first-order chi connectivity index (χ1) is 16.5. The first kappa shape index (κ1) is 26.4. The number of ether oxygens (including phenoxy) is 1. The van der Waals surface area contributed by atoms with Crippen LogP contribution in [0, 0.1) is 0 Å². The molecule has 0 spiro atoms. The van der Waals surface area contributed by atoms with E-state index < -0.39 is 27.8 Å². The van der Waals surface area contributed by atoms with Gasteiger partial charge in [-0.2, -0.15) is 0 Å². The molecule has 1 amide bonds. The number of hydrogen-bond donors (Lipinski definition) is 2. The van der Waals surface area contributed by atoms with Gasteiger partial charge in [0.05, 0.1) is 10.9 Å². The van der Waals surface area contributed by atoms with E-state index in [4.69, 9.17) is 4.74 Å². The van der Waals surface area contributed by atoms with Crippen molar-refractivity contribution in [1.82, 2.24) is 10.0 Å². The summed E-state index contributed by atoms with van der Waals surface area (Å²) in [4.78, 5) is 26.1. The molecule has 1 atom stereocenters. The smallest absolute Gasteiger partial charge is 0.408 e. The SMILES string of the molecule is CCNS(=O)(=O)c1cccc2c(CC(=O)[C@H](Cc3ccccc3)NC(=O)OC(C)(C)C)cccc12. The number of ketones is 1. The molecular formula is C27H32N2O5S. The third-order valence-corrected chi connectivity index (χ3v) is 6.93.